The molecule has 1 fully saturated rings. The van der Waals surface area contributed by atoms with Crippen LogP contribution in [0.4, 0.5) is 4.39 Å². The zero-order valence-corrected chi connectivity index (χ0v) is 21.7. The van der Waals surface area contributed by atoms with Crippen LogP contribution in [0.15, 0.2) is 72.0 Å². The first kappa shape index (κ1) is 27.2. The predicted molar refractivity (Wildman–Crippen MR) is 146 cm³/mol. The molecular formula is C29H37FN4O2. The molecule has 0 radical (unpaired) electrons. The molecule has 2 atom stereocenters. The van der Waals surface area contributed by atoms with Gasteiger partial charge in [-0.15, -0.1) is 0 Å². The molecule has 2 heterocycles. The highest BCUT2D eigenvalue weighted by molar-refractivity contribution is 6.04. The number of aryl methyl sites for hydroxylation is 2. The average Bonchev–Trinajstić information content (AvgIpc) is 3.41. The van der Waals surface area contributed by atoms with Crippen LogP contribution in [0.5, 0.6) is 5.75 Å². The molecule has 2 unspecified atom stereocenters. The van der Waals surface area contributed by atoms with E-state index in [0.29, 0.717) is 5.56 Å². The summed E-state index contributed by atoms with van der Waals surface area (Å²) in [5.41, 5.74) is 11.6. The van der Waals surface area contributed by atoms with Gasteiger partial charge in [0.15, 0.2) is 17.7 Å². The lowest BCUT2D eigenvalue weighted by atomic mass is 10.0. The van der Waals surface area contributed by atoms with Crippen LogP contribution in [0.2, 0.25) is 0 Å². The Labute approximate surface area is 213 Å². The van der Waals surface area contributed by atoms with E-state index in [1.54, 1.807) is 30.0 Å². The van der Waals surface area contributed by atoms with Gasteiger partial charge in [-0.05, 0) is 74.6 Å². The van der Waals surface area contributed by atoms with Gasteiger partial charge in [-0.3, -0.25) is 9.89 Å². The van der Waals surface area contributed by atoms with Gasteiger partial charge in [0.05, 0.1) is 5.69 Å². The van der Waals surface area contributed by atoms with E-state index in [9.17, 15) is 9.50 Å². The fraction of sp³-hybridized carbons (Fsp3) is 0.345. The number of aromatic nitrogens is 1. The molecule has 1 aromatic carbocycles. The van der Waals surface area contributed by atoms with E-state index in [2.05, 4.69) is 23.1 Å². The van der Waals surface area contributed by atoms with E-state index in [1.807, 2.05) is 45.2 Å². The number of hydrogen-bond acceptors (Lipinski definition) is 5. The summed E-state index contributed by atoms with van der Waals surface area (Å²) in [6.45, 7) is 18.0. The minimum Gasteiger partial charge on any atom is -0.505 e. The Morgan fingerprint density at radius 2 is 2.03 bits per heavy atom. The predicted octanol–water partition coefficient (Wildman–Crippen LogP) is 5.27. The first-order valence-corrected chi connectivity index (χ1v) is 12.2. The van der Waals surface area contributed by atoms with Gasteiger partial charge < -0.3 is 15.7 Å². The third kappa shape index (κ3) is 6.42. The summed E-state index contributed by atoms with van der Waals surface area (Å²) in [5.74, 6) is -1.06. The molecule has 6 nitrogen and oxygen atoms in total. The number of aliphatic imine (C=N–C) groups is 1. The zero-order valence-electron chi connectivity index (χ0n) is 21.7. The van der Waals surface area contributed by atoms with Crippen molar-refractivity contribution in [2.75, 3.05) is 19.6 Å². The molecule has 3 N–H and O–H groups in total. The lowest BCUT2D eigenvalue weighted by Crippen LogP contribution is -2.27. The van der Waals surface area contributed by atoms with Crippen molar-refractivity contribution >= 4 is 11.8 Å². The molecule has 1 aliphatic heterocycles. The van der Waals surface area contributed by atoms with Gasteiger partial charge in [0.1, 0.15) is 0 Å². The SMILES string of the molecule is C=C\C(=C/N=C(C)/C(C=C)=C/c1c(C)ccn1OC(C)c1c(C)ccc(F)c1O)CN1CCC(N)C1. The number of aromatic hydroxyl groups is 1. The number of phenols is 1. The van der Waals surface area contributed by atoms with Crippen molar-refractivity contribution in [3.63, 3.8) is 0 Å². The summed E-state index contributed by atoms with van der Waals surface area (Å²) in [4.78, 5) is 13.1. The van der Waals surface area contributed by atoms with Crippen LogP contribution in [-0.4, -0.2) is 46.1 Å². The molecule has 1 saturated heterocycles. The maximum atomic E-state index is 14.0. The van der Waals surface area contributed by atoms with Gasteiger partial charge >= 0.3 is 0 Å². The van der Waals surface area contributed by atoms with E-state index < -0.39 is 11.9 Å². The second-order valence-electron chi connectivity index (χ2n) is 9.29. The van der Waals surface area contributed by atoms with Gasteiger partial charge in [-0.25, -0.2) is 4.39 Å². The highest BCUT2D eigenvalue weighted by atomic mass is 19.1. The molecule has 2 aromatic rings. The lowest BCUT2D eigenvalue weighted by molar-refractivity contribution is 0.0450. The quantitative estimate of drug-likeness (QED) is 0.350. The van der Waals surface area contributed by atoms with Crippen LogP contribution in [0, 0.1) is 19.7 Å². The summed E-state index contributed by atoms with van der Waals surface area (Å²) in [7, 11) is 0. The van der Waals surface area contributed by atoms with Gasteiger partial charge in [0.2, 0.25) is 0 Å². The summed E-state index contributed by atoms with van der Waals surface area (Å²) >= 11 is 0. The maximum Gasteiger partial charge on any atom is 0.165 e. The Bertz CT molecular complexity index is 1210. The number of benzene rings is 1. The highest BCUT2D eigenvalue weighted by Gasteiger charge is 2.20. The number of hydrogen-bond donors (Lipinski definition) is 2. The molecule has 192 valence electrons. The number of rotatable bonds is 10. The third-order valence-corrected chi connectivity index (χ3v) is 6.50. The Morgan fingerprint density at radius 3 is 2.67 bits per heavy atom. The average molecular weight is 493 g/mol. The molecule has 0 bridgehead atoms. The van der Waals surface area contributed by atoms with Crippen molar-refractivity contribution < 1.29 is 14.3 Å². The summed E-state index contributed by atoms with van der Waals surface area (Å²) in [6.07, 6.45) is 9.59. The molecule has 0 spiro atoms. The van der Waals surface area contributed by atoms with Crippen molar-refractivity contribution in [2.24, 2.45) is 10.7 Å². The number of halogens is 1. The van der Waals surface area contributed by atoms with Crippen molar-refractivity contribution in [2.45, 2.75) is 46.3 Å². The molecule has 0 amide bonds. The van der Waals surface area contributed by atoms with E-state index in [-0.39, 0.29) is 11.8 Å². The van der Waals surface area contributed by atoms with Gasteiger partial charge in [-0.1, -0.05) is 31.4 Å². The van der Waals surface area contributed by atoms with Crippen LogP contribution < -0.4 is 10.6 Å². The zero-order chi connectivity index (χ0) is 26.4. The van der Waals surface area contributed by atoms with Crippen LogP contribution in [0.1, 0.15) is 48.8 Å². The third-order valence-electron chi connectivity index (χ3n) is 6.50. The maximum absolute atomic E-state index is 14.0. The molecule has 3 rings (SSSR count). The van der Waals surface area contributed by atoms with Crippen molar-refractivity contribution in [1.82, 2.24) is 9.63 Å². The summed E-state index contributed by atoms with van der Waals surface area (Å²) in [6, 6.07) is 5.04. The molecule has 36 heavy (non-hydrogen) atoms. The number of phenolic OH excluding ortho intramolecular Hbond substituents is 1. The van der Waals surface area contributed by atoms with Gasteiger partial charge in [0, 0.05) is 49.3 Å². The topological polar surface area (TPSA) is 76.0 Å². The largest absolute Gasteiger partial charge is 0.505 e. The Balaban J connectivity index is 1.84. The van der Waals surface area contributed by atoms with Gasteiger partial charge in [0.25, 0.3) is 0 Å². The smallest absolute Gasteiger partial charge is 0.165 e. The monoisotopic (exact) mass is 492 g/mol. The van der Waals surface area contributed by atoms with Crippen molar-refractivity contribution in [3.05, 3.63) is 95.3 Å². The van der Waals surface area contributed by atoms with E-state index in [0.717, 1.165) is 59.7 Å². The standard InChI is InChI=1S/C29H37FN4O2/c1-7-23(17-33-13-12-25(31)18-33)16-32-21(5)24(8-2)15-27-19(3)11-14-34(27)36-22(6)28-20(4)9-10-26(30)29(28)35/h7-11,14-16,22,25,35H,1-2,12-13,17-18,31H2,3-6H3/b23-16+,24-15+,32-21+. The summed E-state index contributed by atoms with van der Waals surface area (Å²) < 4.78 is 15.6. The van der Waals surface area contributed by atoms with Crippen LogP contribution in [-0.2, 0) is 0 Å². The van der Waals surface area contributed by atoms with Crippen LogP contribution >= 0.6 is 0 Å². The summed E-state index contributed by atoms with van der Waals surface area (Å²) in [5, 5.41) is 10.3. The Kier molecular flexibility index (Phi) is 9.07. The number of nitrogens with two attached hydrogens (primary N) is 1. The van der Waals surface area contributed by atoms with Crippen molar-refractivity contribution in [3.8, 4) is 5.75 Å². The fourth-order valence-corrected chi connectivity index (χ4v) is 4.34. The molecule has 1 aromatic heterocycles. The Hall–Kier alpha value is -3.42. The van der Waals surface area contributed by atoms with E-state index in [1.165, 1.54) is 6.07 Å². The number of allylic oxidation sites excluding steroid dienone is 2. The van der Waals surface area contributed by atoms with Crippen molar-refractivity contribution in [1.29, 1.82) is 0 Å². The van der Waals surface area contributed by atoms with Crippen LogP contribution in [0.25, 0.3) is 6.08 Å². The first-order chi connectivity index (χ1) is 17.1. The molecule has 0 saturated carbocycles. The molecule has 0 aliphatic carbocycles. The first-order valence-electron chi connectivity index (χ1n) is 12.2. The van der Waals surface area contributed by atoms with E-state index in [4.69, 9.17) is 10.6 Å². The minimum absolute atomic E-state index is 0.231. The Morgan fingerprint density at radius 1 is 1.28 bits per heavy atom. The molecular weight excluding hydrogens is 455 g/mol. The second-order valence-corrected chi connectivity index (χ2v) is 9.29. The van der Waals surface area contributed by atoms with Crippen LogP contribution in [0.3, 0.4) is 0 Å². The normalized spacial score (nSPS) is 18.4. The molecule has 1 aliphatic rings. The fourth-order valence-electron chi connectivity index (χ4n) is 4.34. The van der Waals surface area contributed by atoms with Gasteiger partial charge in [-0.2, -0.15) is 4.73 Å². The molecule has 7 heteroatoms. The lowest BCUT2D eigenvalue weighted by Gasteiger charge is -2.20. The highest BCUT2D eigenvalue weighted by Crippen LogP contribution is 2.31. The van der Waals surface area contributed by atoms with E-state index >= 15 is 0 Å². The number of nitrogens with zero attached hydrogens (tertiary/aromatic N) is 3. The minimum atomic E-state index is -0.671. The second kappa shape index (κ2) is 12.0. The number of likely N-dealkylation sites (tertiary alicyclic amines) is 1.